The van der Waals surface area contributed by atoms with Gasteiger partial charge in [-0.2, -0.15) is 0 Å². The monoisotopic (exact) mass is 271 g/mol. The van der Waals surface area contributed by atoms with Crippen molar-refractivity contribution in [3.8, 4) is 5.75 Å². The number of nitrogens with zero attached hydrogens (tertiary/aromatic N) is 1. The van der Waals surface area contributed by atoms with E-state index in [1.165, 1.54) is 19.3 Å². The summed E-state index contributed by atoms with van der Waals surface area (Å²) in [5.74, 6) is 1.01. The summed E-state index contributed by atoms with van der Waals surface area (Å²) >= 11 is 0. The maximum Gasteiger partial charge on any atom is 0.163 e. The highest BCUT2D eigenvalue weighted by molar-refractivity contribution is 5.99. The highest BCUT2D eigenvalue weighted by atomic mass is 16.3. The molecule has 106 valence electrons. The van der Waals surface area contributed by atoms with Gasteiger partial charge in [0.2, 0.25) is 0 Å². The molecule has 1 N–H and O–H groups in total. The van der Waals surface area contributed by atoms with Gasteiger partial charge in [-0.25, -0.2) is 0 Å². The molecule has 2 aliphatic carbocycles. The van der Waals surface area contributed by atoms with Gasteiger partial charge in [-0.1, -0.05) is 6.42 Å². The predicted molar refractivity (Wildman–Crippen MR) is 77.1 cm³/mol. The Morgan fingerprint density at radius 2 is 2.20 bits per heavy atom. The molecule has 1 aromatic carbocycles. The zero-order chi connectivity index (χ0) is 13.9. The summed E-state index contributed by atoms with van der Waals surface area (Å²) in [7, 11) is 2.20. The van der Waals surface area contributed by atoms with Gasteiger partial charge < -0.3 is 10.0 Å². The van der Waals surface area contributed by atoms with Gasteiger partial charge in [-0.3, -0.25) is 4.79 Å². The summed E-state index contributed by atoms with van der Waals surface area (Å²) in [5.41, 5.74) is 2.14. The molecule has 2 fully saturated rings. The molecule has 1 saturated carbocycles. The fourth-order valence-corrected chi connectivity index (χ4v) is 5.06. The number of likely N-dealkylation sites (tertiary alicyclic amines) is 1. The van der Waals surface area contributed by atoms with E-state index in [0.29, 0.717) is 24.1 Å². The van der Waals surface area contributed by atoms with Crippen molar-refractivity contribution in [2.24, 2.45) is 5.92 Å². The van der Waals surface area contributed by atoms with Crippen LogP contribution in [0.3, 0.4) is 0 Å². The summed E-state index contributed by atoms with van der Waals surface area (Å²) < 4.78 is 0. The lowest BCUT2D eigenvalue weighted by Gasteiger charge is -2.57. The van der Waals surface area contributed by atoms with Crippen LogP contribution in [0.15, 0.2) is 18.2 Å². The highest BCUT2D eigenvalue weighted by Gasteiger charge is 2.54. The van der Waals surface area contributed by atoms with Crippen molar-refractivity contribution < 1.29 is 9.90 Å². The Balaban J connectivity index is 1.92. The number of carbonyl (C=O) groups excluding carboxylic acids is 1. The molecule has 20 heavy (non-hydrogen) atoms. The van der Waals surface area contributed by atoms with Gasteiger partial charge in [-0.15, -0.1) is 0 Å². The van der Waals surface area contributed by atoms with E-state index >= 15 is 0 Å². The third-order valence-electron chi connectivity index (χ3n) is 6.02. The molecule has 1 saturated heterocycles. The van der Waals surface area contributed by atoms with Crippen molar-refractivity contribution in [3.05, 3.63) is 29.3 Å². The number of carbonyl (C=O) groups is 1. The first-order valence-corrected chi connectivity index (χ1v) is 7.69. The van der Waals surface area contributed by atoms with E-state index < -0.39 is 0 Å². The molecule has 3 aliphatic rings. The normalized spacial score (nSPS) is 36.4. The minimum Gasteiger partial charge on any atom is -0.508 e. The Hall–Kier alpha value is -1.35. The minimum absolute atomic E-state index is 0.136. The molecule has 1 aromatic rings. The maximum atomic E-state index is 12.5. The lowest BCUT2D eigenvalue weighted by Crippen LogP contribution is -2.59. The number of phenolic OH excluding ortho intramolecular Hbond substituents is 1. The van der Waals surface area contributed by atoms with Crippen LogP contribution in [0.5, 0.6) is 5.75 Å². The van der Waals surface area contributed by atoms with Crippen LogP contribution in [-0.4, -0.2) is 35.4 Å². The molecule has 2 bridgehead atoms. The van der Waals surface area contributed by atoms with E-state index in [4.69, 9.17) is 0 Å². The third kappa shape index (κ3) is 1.47. The van der Waals surface area contributed by atoms with Gasteiger partial charge in [0, 0.05) is 23.4 Å². The van der Waals surface area contributed by atoms with Crippen molar-refractivity contribution in [2.75, 3.05) is 13.6 Å². The van der Waals surface area contributed by atoms with Gasteiger partial charge in [-0.05, 0) is 62.5 Å². The average Bonchev–Trinajstić information content (AvgIpc) is 2.43. The van der Waals surface area contributed by atoms with E-state index in [0.717, 1.165) is 24.1 Å². The van der Waals surface area contributed by atoms with E-state index in [9.17, 15) is 9.90 Å². The van der Waals surface area contributed by atoms with Crippen molar-refractivity contribution in [1.29, 1.82) is 0 Å². The van der Waals surface area contributed by atoms with Crippen molar-refractivity contribution in [2.45, 2.75) is 43.6 Å². The van der Waals surface area contributed by atoms with Crippen molar-refractivity contribution >= 4 is 5.78 Å². The molecule has 1 aliphatic heterocycles. The van der Waals surface area contributed by atoms with Crippen LogP contribution in [0.4, 0.5) is 0 Å². The number of ketones is 1. The minimum atomic E-state index is 0.136. The summed E-state index contributed by atoms with van der Waals surface area (Å²) in [6.45, 7) is 1.10. The second-order valence-electron chi connectivity index (χ2n) is 6.81. The topological polar surface area (TPSA) is 40.5 Å². The Bertz CT molecular complexity index is 582. The van der Waals surface area contributed by atoms with Crippen molar-refractivity contribution in [3.63, 3.8) is 0 Å². The highest BCUT2D eigenvalue weighted by Crippen LogP contribution is 2.55. The molecule has 1 heterocycles. The molecule has 3 atom stereocenters. The van der Waals surface area contributed by atoms with Gasteiger partial charge in [0.25, 0.3) is 0 Å². The standard InChI is InChI=1S/C17H21NO2/c1-18-8-7-17-6-2-3-15(18)14(17)10-16(20)12-5-4-11(19)9-13(12)17/h4-5,9,14-15,19H,2-3,6-8,10H2,1H3/t14-,15+,17+/m1/s1. The first-order chi connectivity index (χ1) is 9.62. The number of hydrogen-bond donors (Lipinski definition) is 1. The Labute approximate surface area is 119 Å². The molecule has 0 unspecified atom stereocenters. The van der Waals surface area contributed by atoms with E-state index in [2.05, 4.69) is 11.9 Å². The molecule has 3 heteroatoms. The summed E-state index contributed by atoms with van der Waals surface area (Å²) in [6, 6.07) is 5.90. The number of rotatable bonds is 0. The van der Waals surface area contributed by atoms with Crippen LogP contribution < -0.4 is 0 Å². The van der Waals surface area contributed by atoms with Crippen LogP contribution in [0.2, 0.25) is 0 Å². The summed E-state index contributed by atoms with van der Waals surface area (Å²) in [6.07, 6.45) is 5.42. The largest absolute Gasteiger partial charge is 0.508 e. The number of aromatic hydroxyl groups is 1. The summed E-state index contributed by atoms with van der Waals surface area (Å²) in [4.78, 5) is 14.9. The van der Waals surface area contributed by atoms with Crippen molar-refractivity contribution in [1.82, 2.24) is 4.90 Å². The lowest BCUT2D eigenvalue weighted by molar-refractivity contribution is -0.00458. The van der Waals surface area contributed by atoms with Crippen LogP contribution >= 0.6 is 0 Å². The fourth-order valence-electron chi connectivity index (χ4n) is 5.06. The van der Waals surface area contributed by atoms with E-state index in [1.54, 1.807) is 6.07 Å². The molecule has 4 rings (SSSR count). The molecule has 3 nitrogen and oxygen atoms in total. The number of fused-ring (bicyclic) bond motifs is 1. The smallest absolute Gasteiger partial charge is 0.163 e. The molecular weight excluding hydrogens is 250 g/mol. The van der Waals surface area contributed by atoms with Gasteiger partial charge in [0.05, 0.1) is 0 Å². The zero-order valence-corrected chi connectivity index (χ0v) is 11.9. The van der Waals surface area contributed by atoms with E-state index in [-0.39, 0.29) is 11.2 Å². The molecule has 0 aromatic heterocycles. The van der Waals surface area contributed by atoms with Crippen LogP contribution in [0, 0.1) is 5.92 Å². The molecule has 0 spiro atoms. The Morgan fingerprint density at radius 3 is 3.05 bits per heavy atom. The van der Waals surface area contributed by atoms with Gasteiger partial charge in [0.1, 0.15) is 5.75 Å². The van der Waals surface area contributed by atoms with E-state index in [1.807, 2.05) is 12.1 Å². The molecule has 0 amide bonds. The molecule has 0 radical (unpaired) electrons. The Kier molecular flexibility index (Phi) is 2.53. The number of hydrogen-bond acceptors (Lipinski definition) is 3. The SMILES string of the molecule is CN1CC[C@]23CCC[C@H]1[C@H]2CC(=O)c1ccc(O)cc13. The number of piperidine rings is 1. The van der Waals surface area contributed by atoms with Crippen LogP contribution in [0.25, 0.3) is 0 Å². The average molecular weight is 271 g/mol. The first-order valence-electron chi connectivity index (χ1n) is 7.69. The third-order valence-corrected chi connectivity index (χ3v) is 6.02. The van der Waals surface area contributed by atoms with Gasteiger partial charge >= 0.3 is 0 Å². The fraction of sp³-hybridized carbons (Fsp3) is 0.588. The molecular formula is C17H21NO2. The van der Waals surface area contributed by atoms with Crippen LogP contribution in [-0.2, 0) is 5.41 Å². The zero-order valence-electron chi connectivity index (χ0n) is 11.9. The maximum absolute atomic E-state index is 12.5. The number of Topliss-reactive ketones (excluding diaryl/α,β-unsaturated/α-hetero) is 1. The second kappa shape index (κ2) is 4.08. The number of benzene rings is 1. The lowest BCUT2D eigenvalue weighted by atomic mass is 9.52. The number of phenols is 1. The second-order valence-corrected chi connectivity index (χ2v) is 6.81. The Morgan fingerprint density at radius 1 is 1.35 bits per heavy atom. The summed E-state index contributed by atoms with van der Waals surface area (Å²) in [5, 5.41) is 9.89. The quantitative estimate of drug-likeness (QED) is 0.788. The predicted octanol–water partition coefficient (Wildman–Crippen LogP) is 2.72. The van der Waals surface area contributed by atoms with Gasteiger partial charge in [0.15, 0.2) is 5.78 Å². The first kappa shape index (κ1) is 12.4. The van der Waals surface area contributed by atoms with Crippen LogP contribution in [0.1, 0.15) is 48.0 Å².